The van der Waals surface area contributed by atoms with E-state index >= 15 is 0 Å². The highest BCUT2D eigenvalue weighted by Crippen LogP contribution is 2.41. The van der Waals surface area contributed by atoms with E-state index in [-0.39, 0.29) is 6.04 Å². The third-order valence-electron chi connectivity index (χ3n) is 3.68. The molecule has 2 aliphatic heterocycles. The maximum absolute atomic E-state index is 5.43. The number of anilines is 1. The number of pyridine rings is 1. The summed E-state index contributed by atoms with van der Waals surface area (Å²) in [5, 5.41) is 3.54. The molecule has 0 spiro atoms. The fourth-order valence-corrected chi connectivity index (χ4v) is 2.69. The number of aryl methyl sites for hydroxylation is 1. The van der Waals surface area contributed by atoms with Gasteiger partial charge in [-0.05, 0) is 36.6 Å². The first-order chi connectivity index (χ1) is 9.40. The molecule has 1 atom stereocenters. The minimum absolute atomic E-state index is 0.272. The zero-order chi connectivity index (χ0) is 12.7. The minimum Gasteiger partial charge on any atom is -0.454 e. The molecule has 19 heavy (non-hydrogen) atoms. The molecule has 0 bridgehead atoms. The van der Waals surface area contributed by atoms with Crippen LogP contribution in [0.3, 0.4) is 0 Å². The van der Waals surface area contributed by atoms with E-state index < -0.39 is 0 Å². The van der Waals surface area contributed by atoms with Crippen LogP contribution in [0.5, 0.6) is 11.5 Å². The fourth-order valence-electron chi connectivity index (χ4n) is 2.69. The Kier molecular flexibility index (Phi) is 2.33. The van der Waals surface area contributed by atoms with Gasteiger partial charge in [0, 0.05) is 18.0 Å². The van der Waals surface area contributed by atoms with Gasteiger partial charge in [0.25, 0.3) is 0 Å². The summed E-state index contributed by atoms with van der Waals surface area (Å²) in [6.07, 6.45) is 3.91. The molecule has 1 N–H and O–H groups in total. The second kappa shape index (κ2) is 4.16. The Morgan fingerprint density at radius 2 is 2.05 bits per heavy atom. The summed E-state index contributed by atoms with van der Waals surface area (Å²) < 4.78 is 10.8. The van der Waals surface area contributed by atoms with Crippen LogP contribution in [-0.2, 0) is 6.42 Å². The van der Waals surface area contributed by atoms with Crippen molar-refractivity contribution in [2.45, 2.75) is 18.9 Å². The van der Waals surface area contributed by atoms with E-state index in [0.29, 0.717) is 6.79 Å². The summed E-state index contributed by atoms with van der Waals surface area (Å²) in [6.45, 7) is 0.321. The molecule has 0 fully saturated rings. The molecule has 0 saturated heterocycles. The number of nitrogens with one attached hydrogen (secondary N) is 1. The Hall–Kier alpha value is -2.23. The van der Waals surface area contributed by atoms with E-state index in [1.54, 1.807) is 0 Å². The van der Waals surface area contributed by atoms with E-state index in [0.717, 1.165) is 35.7 Å². The minimum atomic E-state index is 0.272. The molecular weight excluding hydrogens is 240 g/mol. The van der Waals surface area contributed by atoms with E-state index in [1.807, 2.05) is 24.4 Å². The molecule has 0 aliphatic carbocycles. The van der Waals surface area contributed by atoms with E-state index in [9.17, 15) is 0 Å². The number of ether oxygens (including phenoxy) is 2. The molecule has 0 amide bonds. The Morgan fingerprint density at radius 1 is 1.16 bits per heavy atom. The van der Waals surface area contributed by atoms with Crippen molar-refractivity contribution in [1.82, 2.24) is 4.98 Å². The van der Waals surface area contributed by atoms with Gasteiger partial charge in [0.05, 0.1) is 11.7 Å². The average molecular weight is 254 g/mol. The summed E-state index contributed by atoms with van der Waals surface area (Å²) >= 11 is 0. The lowest BCUT2D eigenvalue weighted by molar-refractivity contribution is 0.174. The molecule has 1 unspecified atom stereocenters. The number of hydrogen-bond donors (Lipinski definition) is 1. The predicted octanol–water partition coefficient (Wildman–Crippen LogP) is 2.91. The van der Waals surface area contributed by atoms with Crippen molar-refractivity contribution in [1.29, 1.82) is 0 Å². The quantitative estimate of drug-likeness (QED) is 0.849. The van der Waals surface area contributed by atoms with Crippen molar-refractivity contribution >= 4 is 5.69 Å². The van der Waals surface area contributed by atoms with Crippen molar-refractivity contribution in [3.63, 3.8) is 0 Å². The summed E-state index contributed by atoms with van der Waals surface area (Å²) in [7, 11) is 0. The Bertz CT molecular complexity index is 613. The van der Waals surface area contributed by atoms with Gasteiger partial charge in [0.1, 0.15) is 0 Å². The van der Waals surface area contributed by atoms with Crippen molar-refractivity contribution in [3.05, 3.63) is 47.8 Å². The Labute approximate surface area is 111 Å². The third-order valence-corrected chi connectivity index (χ3v) is 3.68. The van der Waals surface area contributed by atoms with Crippen LogP contribution in [0.4, 0.5) is 5.69 Å². The van der Waals surface area contributed by atoms with Crippen molar-refractivity contribution in [3.8, 4) is 11.5 Å². The molecule has 0 saturated carbocycles. The zero-order valence-corrected chi connectivity index (χ0v) is 10.4. The standard InChI is InChI=1S/C15H14N2O2/c1-2-6-16-11(3-1)12-5-4-10-7-14-15(19-9-18-14)8-13(10)17-12/h1-3,6-8,12,17H,4-5,9H2. The van der Waals surface area contributed by atoms with Crippen molar-refractivity contribution < 1.29 is 9.47 Å². The highest BCUT2D eigenvalue weighted by atomic mass is 16.7. The number of nitrogens with zero attached hydrogens (tertiary/aromatic N) is 1. The molecule has 2 aliphatic rings. The first kappa shape index (κ1) is 10.7. The van der Waals surface area contributed by atoms with Gasteiger partial charge in [-0.25, -0.2) is 0 Å². The van der Waals surface area contributed by atoms with Crippen LogP contribution in [0.1, 0.15) is 23.7 Å². The molecule has 3 heterocycles. The molecule has 4 rings (SSSR count). The van der Waals surface area contributed by atoms with Gasteiger partial charge < -0.3 is 14.8 Å². The summed E-state index contributed by atoms with van der Waals surface area (Å²) in [6, 6.07) is 10.4. The molecule has 1 aromatic carbocycles. The summed E-state index contributed by atoms with van der Waals surface area (Å²) in [5.41, 5.74) is 3.51. The number of rotatable bonds is 1. The van der Waals surface area contributed by atoms with E-state index in [4.69, 9.17) is 9.47 Å². The SMILES string of the molecule is c1ccc(C2CCc3cc4c(cc3N2)OCO4)nc1. The topological polar surface area (TPSA) is 43.4 Å². The van der Waals surface area contributed by atoms with Gasteiger partial charge >= 0.3 is 0 Å². The molecule has 4 heteroatoms. The molecule has 4 nitrogen and oxygen atoms in total. The molecule has 0 radical (unpaired) electrons. The first-order valence-corrected chi connectivity index (χ1v) is 6.50. The molecule has 1 aromatic heterocycles. The highest BCUT2D eigenvalue weighted by Gasteiger charge is 2.24. The van der Waals surface area contributed by atoms with Gasteiger partial charge in [-0.2, -0.15) is 0 Å². The Balaban J connectivity index is 1.67. The van der Waals surface area contributed by atoms with E-state index in [2.05, 4.69) is 22.4 Å². The van der Waals surface area contributed by atoms with Crippen LogP contribution in [0.25, 0.3) is 0 Å². The van der Waals surface area contributed by atoms with Gasteiger partial charge in [0.15, 0.2) is 11.5 Å². The third kappa shape index (κ3) is 1.80. The second-order valence-electron chi connectivity index (χ2n) is 4.85. The predicted molar refractivity (Wildman–Crippen MR) is 71.5 cm³/mol. The van der Waals surface area contributed by atoms with Crippen LogP contribution in [0.2, 0.25) is 0 Å². The van der Waals surface area contributed by atoms with Gasteiger partial charge in [0.2, 0.25) is 6.79 Å². The second-order valence-corrected chi connectivity index (χ2v) is 4.85. The largest absolute Gasteiger partial charge is 0.454 e. The molecule has 2 aromatic rings. The average Bonchev–Trinajstić information content (AvgIpc) is 2.92. The lowest BCUT2D eigenvalue weighted by atomic mass is 9.95. The summed E-state index contributed by atoms with van der Waals surface area (Å²) in [4.78, 5) is 4.43. The molecule has 96 valence electrons. The highest BCUT2D eigenvalue weighted by molar-refractivity contribution is 5.63. The number of benzene rings is 1. The number of fused-ring (bicyclic) bond motifs is 2. The zero-order valence-electron chi connectivity index (χ0n) is 10.4. The van der Waals surface area contributed by atoms with Crippen LogP contribution >= 0.6 is 0 Å². The first-order valence-electron chi connectivity index (χ1n) is 6.50. The molecular formula is C15H14N2O2. The van der Waals surface area contributed by atoms with Crippen molar-refractivity contribution in [2.24, 2.45) is 0 Å². The lowest BCUT2D eigenvalue weighted by Gasteiger charge is -2.26. The van der Waals surface area contributed by atoms with Gasteiger partial charge in [-0.15, -0.1) is 0 Å². The monoisotopic (exact) mass is 254 g/mol. The smallest absolute Gasteiger partial charge is 0.231 e. The normalized spacial score (nSPS) is 19.7. The number of aromatic nitrogens is 1. The van der Waals surface area contributed by atoms with Crippen LogP contribution in [-0.4, -0.2) is 11.8 Å². The van der Waals surface area contributed by atoms with Crippen LogP contribution in [0.15, 0.2) is 36.5 Å². The number of hydrogen-bond acceptors (Lipinski definition) is 4. The maximum atomic E-state index is 5.43. The van der Waals surface area contributed by atoms with Gasteiger partial charge in [-0.1, -0.05) is 6.07 Å². The summed E-state index contributed by atoms with van der Waals surface area (Å²) in [5.74, 6) is 1.68. The maximum Gasteiger partial charge on any atom is 0.231 e. The van der Waals surface area contributed by atoms with Gasteiger partial charge in [-0.3, -0.25) is 4.98 Å². The van der Waals surface area contributed by atoms with E-state index in [1.165, 1.54) is 5.56 Å². The Morgan fingerprint density at radius 3 is 2.89 bits per heavy atom. The van der Waals surface area contributed by atoms with Crippen LogP contribution < -0.4 is 14.8 Å². The van der Waals surface area contributed by atoms with Crippen LogP contribution in [0, 0.1) is 0 Å². The lowest BCUT2D eigenvalue weighted by Crippen LogP contribution is -2.18. The fraction of sp³-hybridized carbons (Fsp3) is 0.267. The van der Waals surface area contributed by atoms with Crippen molar-refractivity contribution in [2.75, 3.05) is 12.1 Å².